The Labute approximate surface area is 200 Å². The zero-order valence-electron chi connectivity index (χ0n) is 19.1. The van der Waals surface area contributed by atoms with Gasteiger partial charge in [-0.1, -0.05) is 36.4 Å². The second-order valence-electron chi connectivity index (χ2n) is 7.56. The number of thioether (sulfide) groups is 1. The molecular formula is C25H28N2O4S2. The summed E-state index contributed by atoms with van der Waals surface area (Å²) in [5, 5.41) is 2.91. The third kappa shape index (κ3) is 5.89. The molecule has 0 aliphatic rings. The fourth-order valence-corrected chi connectivity index (χ4v) is 5.48. The van der Waals surface area contributed by atoms with E-state index in [2.05, 4.69) is 5.32 Å². The molecule has 3 rings (SSSR count). The van der Waals surface area contributed by atoms with Crippen LogP contribution >= 0.6 is 11.8 Å². The zero-order chi connectivity index (χ0) is 24.0. The highest BCUT2D eigenvalue weighted by Gasteiger charge is 2.30. The van der Waals surface area contributed by atoms with Crippen molar-refractivity contribution in [2.24, 2.45) is 0 Å². The van der Waals surface area contributed by atoms with Crippen LogP contribution in [0.4, 0.5) is 5.69 Å². The lowest BCUT2D eigenvalue weighted by Gasteiger charge is -2.26. The summed E-state index contributed by atoms with van der Waals surface area (Å²) in [5.74, 6) is -0.181. The summed E-state index contributed by atoms with van der Waals surface area (Å²) < 4.78 is 33.8. The summed E-state index contributed by atoms with van der Waals surface area (Å²) in [6.07, 6.45) is 2.00. The van der Waals surface area contributed by atoms with Crippen molar-refractivity contribution in [3.05, 3.63) is 83.9 Å². The van der Waals surface area contributed by atoms with Gasteiger partial charge in [-0.3, -0.25) is 9.10 Å². The molecule has 0 bridgehead atoms. The summed E-state index contributed by atoms with van der Waals surface area (Å²) in [5.41, 5.74) is 2.11. The number of nitrogens with one attached hydrogen (secondary N) is 1. The number of rotatable bonds is 9. The number of anilines is 1. The standard InChI is InChI=1S/C25H28N2O4S2/c1-18-10-15-23(31-3)24(16-18)33(29,30)27(21-8-6-5-7-9-21)17-25(28)26-19(2)20-11-13-22(32-4)14-12-20/h5-16,19H,17H2,1-4H3,(H,26,28). The Bertz CT molecular complexity index is 1200. The average molecular weight is 485 g/mol. The van der Waals surface area contributed by atoms with Crippen molar-refractivity contribution in [1.82, 2.24) is 5.32 Å². The predicted octanol–water partition coefficient (Wildman–Crippen LogP) is 4.80. The Morgan fingerprint density at radius 1 is 1.06 bits per heavy atom. The van der Waals surface area contributed by atoms with E-state index in [0.29, 0.717) is 5.69 Å². The molecule has 0 spiro atoms. The zero-order valence-corrected chi connectivity index (χ0v) is 20.7. The molecule has 1 unspecified atom stereocenters. The number of amides is 1. The molecule has 0 fully saturated rings. The Morgan fingerprint density at radius 2 is 1.73 bits per heavy atom. The minimum Gasteiger partial charge on any atom is -0.495 e. The smallest absolute Gasteiger partial charge is 0.268 e. The summed E-state index contributed by atoms with van der Waals surface area (Å²) >= 11 is 1.64. The molecule has 8 heteroatoms. The highest BCUT2D eigenvalue weighted by Crippen LogP contribution is 2.31. The van der Waals surface area contributed by atoms with Crippen molar-refractivity contribution in [2.45, 2.75) is 29.7 Å². The number of hydrogen-bond acceptors (Lipinski definition) is 5. The van der Waals surface area contributed by atoms with E-state index in [9.17, 15) is 13.2 Å². The van der Waals surface area contributed by atoms with Gasteiger partial charge in [0.05, 0.1) is 18.8 Å². The largest absolute Gasteiger partial charge is 0.495 e. The van der Waals surface area contributed by atoms with Gasteiger partial charge in [-0.05, 0) is 67.6 Å². The maximum atomic E-state index is 13.7. The lowest BCUT2D eigenvalue weighted by atomic mass is 10.1. The van der Waals surface area contributed by atoms with E-state index in [1.165, 1.54) is 7.11 Å². The number of para-hydroxylation sites is 1. The monoisotopic (exact) mass is 484 g/mol. The van der Waals surface area contributed by atoms with Gasteiger partial charge in [0.2, 0.25) is 5.91 Å². The van der Waals surface area contributed by atoms with Gasteiger partial charge in [0.15, 0.2) is 0 Å². The fraction of sp³-hybridized carbons (Fsp3) is 0.240. The first-order valence-corrected chi connectivity index (χ1v) is 13.1. The lowest BCUT2D eigenvalue weighted by Crippen LogP contribution is -2.41. The lowest BCUT2D eigenvalue weighted by molar-refractivity contribution is -0.120. The molecule has 0 aromatic heterocycles. The molecule has 1 N–H and O–H groups in total. The number of nitrogens with zero attached hydrogens (tertiary/aromatic N) is 1. The van der Waals surface area contributed by atoms with E-state index < -0.39 is 15.9 Å². The predicted molar refractivity (Wildman–Crippen MR) is 133 cm³/mol. The summed E-state index contributed by atoms with van der Waals surface area (Å²) in [7, 11) is -2.66. The first kappa shape index (κ1) is 24.7. The molecule has 0 saturated heterocycles. The average Bonchev–Trinajstić information content (AvgIpc) is 2.83. The number of sulfonamides is 1. The van der Waals surface area contributed by atoms with Crippen LogP contribution in [0.25, 0.3) is 0 Å². The highest BCUT2D eigenvalue weighted by atomic mass is 32.2. The van der Waals surface area contributed by atoms with Gasteiger partial charge in [0.25, 0.3) is 10.0 Å². The maximum absolute atomic E-state index is 13.7. The Kier molecular flexibility index (Phi) is 8.05. The van der Waals surface area contributed by atoms with Crippen LogP contribution in [0.1, 0.15) is 24.1 Å². The number of methoxy groups -OCH3 is 1. The fourth-order valence-electron chi connectivity index (χ4n) is 3.41. The molecule has 3 aromatic carbocycles. The van der Waals surface area contributed by atoms with E-state index in [1.807, 2.05) is 44.4 Å². The van der Waals surface area contributed by atoms with Gasteiger partial charge < -0.3 is 10.1 Å². The maximum Gasteiger partial charge on any atom is 0.268 e. The van der Waals surface area contributed by atoms with Crippen LogP contribution in [0.15, 0.2) is 82.6 Å². The summed E-state index contributed by atoms with van der Waals surface area (Å²) in [6.45, 7) is 3.32. The Hall–Kier alpha value is -2.97. The van der Waals surface area contributed by atoms with Crippen LogP contribution in [0.5, 0.6) is 5.75 Å². The van der Waals surface area contributed by atoms with Gasteiger partial charge in [-0.15, -0.1) is 11.8 Å². The molecule has 0 aliphatic heterocycles. The van der Waals surface area contributed by atoms with Crippen LogP contribution in [-0.2, 0) is 14.8 Å². The molecule has 1 atom stereocenters. The third-order valence-corrected chi connectivity index (χ3v) is 7.75. The van der Waals surface area contributed by atoms with E-state index in [4.69, 9.17) is 4.74 Å². The number of benzene rings is 3. The molecule has 33 heavy (non-hydrogen) atoms. The summed E-state index contributed by atoms with van der Waals surface area (Å²) in [4.78, 5) is 14.1. The van der Waals surface area contributed by atoms with Crippen LogP contribution in [0, 0.1) is 6.92 Å². The second-order valence-corrected chi connectivity index (χ2v) is 10.3. The van der Waals surface area contributed by atoms with Gasteiger partial charge in [0.1, 0.15) is 17.2 Å². The van der Waals surface area contributed by atoms with Crippen LogP contribution in [0.3, 0.4) is 0 Å². The summed E-state index contributed by atoms with van der Waals surface area (Å²) in [6, 6.07) is 21.2. The molecule has 0 heterocycles. The van der Waals surface area contributed by atoms with E-state index >= 15 is 0 Å². The molecular weight excluding hydrogens is 456 g/mol. The van der Waals surface area contributed by atoms with Crippen molar-refractivity contribution < 1.29 is 17.9 Å². The normalized spacial score (nSPS) is 12.1. The van der Waals surface area contributed by atoms with Gasteiger partial charge in [0, 0.05) is 4.90 Å². The number of aryl methyl sites for hydroxylation is 1. The van der Waals surface area contributed by atoms with Gasteiger partial charge in [-0.2, -0.15) is 0 Å². The van der Waals surface area contributed by atoms with Crippen LogP contribution < -0.4 is 14.4 Å². The van der Waals surface area contributed by atoms with Crippen molar-refractivity contribution in [2.75, 3.05) is 24.2 Å². The number of carbonyl (C=O) groups excluding carboxylic acids is 1. The van der Waals surface area contributed by atoms with E-state index in [0.717, 1.165) is 20.3 Å². The molecule has 6 nitrogen and oxygen atoms in total. The molecule has 0 aliphatic carbocycles. The first-order valence-electron chi connectivity index (χ1n) is 10.4. The molecule has 174 valence electrons. The minimum atomic E-state index is -4.08. The van der Waals surface area contributed by atoms with Gasteiger partial charge >= 0.3 is 0 Å². The number of ether oxygens (including phenoxy) is 1. The Balaban J connectivity index is 1.90. The highest BCUT2D eigenvalue weighted by molar-refractivity contribution is 7.98. The van der Waals surface area contributed by atoms with Crippen LogP contribution in [0.2, 0.25) is 0 Å². The molecule has 0 radical (unpaired) electrons. The SMILES string of the molecule is COc1ccc(C)cc1S(=O)(=O)N(CC(=O)NC(C)c1ccc(SC)cc1)c1ccccc1. The van der Waals surface area contributed by atoms with E-state index in [-0.39, 0.29) is 23.2 Å². The second kappa shape index (κ2) is 10.8. The molecule has 3 aromatic rings. The van der Waals surface area contributed by atoms with Crippen molar-refractivity contribution in [1.29, 1.82) is 0 Å². The number of hydrogen-bond donors (Lipinski definition) is 1. The Morgan fingerprint density at radius 3 is 2.33 bits per heavy atom. The minimum absolute atomic E-state index is 0.0161. The topological polar surface area (TPSA) is 75.7 Å². The van der Waals surface area contributed by atoms with Crippen molar-refractivity contribution in [3.8, 4) is 5.75 Å². The van der Waals surface area contributed by atoms with Crippen molar-refractivity contribution >= 4 is 33.4 Å². The van der Waals surface area contributed by atoms with E-state index in [1.54, 1.807) is 60.3 Å². The first-order chi connectivity index (χ1) is 15.8. The number of carbonyl (C=O) groups is 1. The third-order valence-electron chi connectivity index (χ3n) is 5.21. The van der Waals surface area contributed by atoms with Crippen molar-refractivity contribution in [3.63, 3.8) is 0 Å². The molecule has 0 saturated carbocycles. The van der Waals surface area contributed by atoms with Crippen LogP contribution in [-0.4, -0.2) is 34.2 Å². The quantitative estimate of drug-likeness (QED) is 0.442. The molecule has 1 amide bonds. The van der Waals surface area contributed by atoms with Gasteiger partial charge in [-0.25, -0.2) is 8.42 Å².